The quantitative estimate of drug-likeness (QED) is 0.547. The van der Waals surface area contributed by atoms with E-state index in [1.807, 2.05) is 43.3 Å². The van der Waals surface area contributed by atoms with Crippen LogP contribution in [-0.4, -0.2) is 19.2 Å². The average molecular weight is 248 g/mol. The minimum absolute atomic E-state index is 0.0434. The van der Waals surface area contributed by atoms with Gasteiger partial charge in [0, 0.05) is 5.56 Å². The molecule has 0 heterocycles. The molecule has 0 aromatic heterocycles. The molecule has 98 valence electrons. The predicted octanol–water partition coefficient (Wildman–Crippen LogP) is 3.44. The van der Waals surface area contributed by atoms with E-state index in [-0.39, 0.29) is 12.6 Å². The molecule has 0 aliphatic heterocycles. The smallest absolute Gasteiger partial charge is 0.344 e. The highest BCUT2D eigenvalue weighted by atomic mass is 16.6. The summed E-state index contributed by atoms with van der Waals surface area (Å²) < 4.78 is 10.5. The number of esters is 1. The van der Waals surface area contributed by atoms with Gasteiger partial charge in [0.15, 0.2) is 6.61 Å². The van der Waals surface area contributed by atoms with E-state index < -0.39 is 0 Å². The molecule has 0 aliphatic carbocycles. The number of ether oxygens (including phenoxy) is 2. The molecule has 0 aliphatic rings. The van der Waals surface area contributed by atoms with Crippen molar-refractivity contribution in [2.45, 2.75) is 26.7 Å². The van der Waals surface area contributed by atoms with Gasteiger partial charge in [-0.2, -0.15) is 0 Å². The van der Waals surface area contributed by atoms with Gasteiger partial charge >= 0.3 is 5.97 Å². The monoisotopic (exact) mass is 248 g/mol. The largest absolute Gasteiger partial charge is 0.481 e. The third-order valence-electron chi connectivity index (χ3n) is 2.37. The molecular formula is C15H20O3. The van der Waals surface area contributed by atoms with Crippen molar-refractivity contribution >= 4 is 12.0 Å². The van der Waals surface area contributed by atoms with Gasteiger partial charge in [0.2, 0.25) is 0 Å². The minimum atomic E-state index is -0.321. The van der Waals surface area contributed by atoms with E-state index in [1.54, 1.807) is 0 Å². The zero-order chi connectivity index (χ0) is 13.2. The molecule has 0 saturated heterocycles. The molecule has 1 aromatic carbocycles. The first kappa shape index (κ1) is 14.3. The van der Waals surface area contributed by atoms with Gasteiger partial charge in [0.25, 0.3) is 0 Å². The van der Waals surface area contributed by atoms with Gasteiger partial charge in [-0.3, -0.25) is 0 Å². The highest BCUT2D eigenvalue weighted by Gasteiger charge is 2.05. The standard InChI is InChI=1S/C15H20O3/c1-3-5-11-17-15(16)12-18-14-10-7-6-9-13(14)8-4-2/h4,6-10H,3,5,11-12H2,1-2H3/b8-4+. The summed E-state index contributed by atoms with van der Waals surface area (Å²) in [5.74, 6) is 0.377. The van der Waals surface area contributed by atoms with Crippen molar-refractivity contribution in [3.63, 3.8) is 0 Å². The molecular weight excluding hydrogens is 228 g/mol. The van der Waals surface area contributed by atoms with E-state index in [2.05, 4.69) is 6.92 Å². The van der Waals surface area contributed by atoms with Crippen LogP contribution in [-0.2, 0) is 9.53 Å². The van der Waals surface area contributed by atoms with Gasteiger partial charge in [-0.25, -0.2) is 4.79 Å². The fraction of sp³-hybridized carbons (Fsp3) is 0.400. The van der Waals surface area contributed by atoms with E-state index in [4.69, 9.17) is 9.47 Å². The molecule has 3 heteroatoms. The molecule has 0 fully saturated rings. The first-order valence-electron chi connectivity index (χ1n) is 6.28. The molecule has 0 N–H and O–H groups in total. The van der Waals surface area contributed by atoms with E-state index in [1.165, 1.54) is 0 Å². The number of unbranched alkanes of at least 4 members (excludes halogenated alkanes) is 1. The highest BCUT2D eigenvalue weighted by Crippen LogP contribution is 2.19. The fourth-order valence-corrected chi connectivity index (χ4v) is 1.44. The lowest BCUT2D eigenvalue weighted by atomic mass is 10.2. The zero-order valence-corrected chi connectivity index (χ0v) is 11.0. The van der Waals surface area contributed by atoms with Crippen LogP contribution >= 0.6 is 0 Å². The Morgan fingerprint density at radius 3 is 2.83 bits per heavy atom. The van der Waals surface area contributed by atoms with Crippen LogP contribution < -0.4 is 4.74 Å². The molecule has 0 bridgehead atoms. The molecule has 1 rings (SSSR count). The van der Waals surface area contributed by atoms with Crippen molar-refractivity contribution in [2.75, 3.05) is 13.2 Å². The summed E-state index contributed by atoms with van der Waals surface area (Å²) in [6.07, 6.45) is 5.78. The van der Waals surface area contributed by atoms with Crippen LogP contribution in [0.1, 0.15) is 32.3 Å². The summed E-state index contributed by atoms with van der Waals surface area (Å²) in [5.41, 5.74) is 0.960. The van der Waals surface area contributed by atoms with Crippen LogP contribution in [0.3, 0.4) is 0 Å². The normalized spacial score (nSPS) is 10.6. The van der Waals surface area contributed by atoms with Gasteiger partial charge in [-0.05, 0) is 19.4 Å². The van der Waals surface area contributed by atoms with Gasteiger partial charge in [0.05, 0.1) is 6.61 Å². The van der Waals surface area contributed by atoms with Crippen LogP contribution in [0.25, 0.3) is 6.08 Å². The van der Waals surface area contributed by atoms with E-state index in [9.17, 15) is 4.79 Å². The lowest BCUT2D eigenvalue weighted by Crippen LogP contribution is -2.15. The maximum absolute atomic E-state index is 11.4. The number of para-hydroxylation sites is 1. The highest BCUT2D eigenvalue weighted by molar-refractivity contribution is 5.71. The number of rotatable bonds is 7. The predicted molar refractivity (Wildman–Crippen MR) is 72.5 cm³/mol. The van der Waals surface area contributed by atoms with E-state index >= 15 is 0 Å². The Kier molecular flexibility index (Phi) is 6.62. The Bertz CT molecular complexity index is 396. The summed E-state index contributed by atoms with van der Waals surface area (Å²) in [7, 11) is 0. The molecule has 3 nitrogen and oxygen atoms in total. The van der Waals surface area contributed by atoms with Crippen molar-refractivity contribution in [2.24, 2.45) is 0 Å². The molecule has 0 unspecified atom stereocenters. The number of hydrogen-bond donors (Lipinski definition) is 0. The fourth-order valence-electron chi connectivity index (χ4n) is 1.44. The third-order valence-corrected chi connectivity index (χ3v) is 2.37. The molecule has 0 spiro atoms. The van der Waals surface area contributed by atoms with Crippen LogP contribution in [0, 0.1) is 0 Å². The minimum Gasteiger partial charge on any atom is -0.481 e. The molecule has 0 radical (unpaired) electrons. The lowest BCUT2D eigenvalue weighted by Gasteiger charge is -2.09. The molecule has 0 amide bonds. The lowest BCUT2D eigenvalue weighted by molar-refractivity contribution is -0.146. The van der Waals surface area contributed by atoms with Crippen LogP contribution in [0.4, 0.5) is 0 Å². The summed E-state index contributed by atoms with van der Waals surface area (Å²) in [6.45, 7) is 4.42. The average Bonchev–Trinajstić information content (AvgIpc) is 2.38. The zero-order valence-electron chi connectivity index (χ0n) is 11.0. The second kappa shape index (κ2) is 8.34. The second-order valence-corrected chi connectivity index (χ2v) is 3.90. The van der Waals surface area contributed by atoms with Crippen molar-refractivity contribution in [1.82, 2.24) is 0 Å². The van der Waals surface area contributed by atoms with Crippen molar-refractivity contribution in [3.8, 4) is 5.75 Å². The van der Waals surface area contributed by atoms with Crippen LogP contribution in [0.2, 0.25) is 0 Å². The number of carbonyl (C=O) groups excluding carboxylic acids is 1. The SMILES string of the molecule is C/C=C/c1ccccc1OCC(=O)OCCCC. The van der Waals surface area contributed by atoms with Gasteiger partial charge < -0.3 is 9.47 Å². The van der Waals surface area contributed by atoms with E-state index in [0.29, 0.717) is 12.4 Å². The molecule has 18 heavy (non-hydrogen) atoms. The number of allylic oxidation sites excluding steroid dienone is 1. The van der Waals surface area contributed by atoms with Gasteiger partial charge in [-0.15, -0.1) is 0 Å². The van der Waals surface area contributed by atoms with E-state index in [0.717, 1.165) is 18.4 Å². The van der Waals surface area contributed by atoms with Crippen molar-refractivity contribution in [1.29, 1.82) is 0 Å². The number of benzene rings is 1. The third kappa shape index (κ3) is 5.04. The molecule has 0 saturated carbocycles. The maximum Gasteiger partial charge on any atom is 0.344 e. The number of hydrogen-bond acceptors (Lipinski definition) is 3. The Morgan fingerprint density at radius 1 is 1.33 bits per heavy atom. The Hall–Kier alpha value is -1.77. The van der Waals surface area contributed by atoms with Gasteiger partial charge in [-0.1, -0.05) is 43.7 Å². The van der Waals surface area contributed by atoms with Crippen LogP contribution in [0.15, 0.2) is 30.3 Å². The summed E-state index contributed by atoms with van der Waals surface area (Å²) in [4.78, 5) is 11.4. The molecule has 1 aromatic rings. The second-order valence-electron chi connectivity index (χ2n) is 3.90. The topological polar surface area (TPSA) is 35.5 Å². The summed E-state index contributed by atoms with van der Waals surface area (Å²) in [5, 5.41) is 0. The first-order chi connectivity index (χ1) is 8.77. The van der Waals surface area contributed by atoms with Crippen molar-refractivity contribution in [3.05, 3.63) is 35.9 Å². The number of carbonyl (C=O) groups is 1. The Balaban J connectivity index is 2.45. The molecule has 0 atom stereocenters. The Morgan fingerprint density at radius 2 is 2.11 bits per heavy atom. The summed E-state index contributed by atoms with van der Waals surface area (Å²) >= 11 is 0. The Labute approximate surface area is 108 Å². The van der Waals surface area contributed by atoms with Gasteiger partial charge in [0.1, 0.15) is 5.75 Å². The van der Waals surface area contributed by atoms with Crippen LogP contribution in [0.5, 0.6) is 5.75 Å². The van der Waals surface area contributed by atoms with Crippen molar-refractivity contribution < 1.29 is 14.3 Å². The summed E-state index contributed by atoms with van der Waals surface area (Å²) in [6, 6.07) is 7.60. The maximum atomic E-state index is 11.4. The first-order valence-corrected chi connectivity index (χ1v) is 6.28.